The summed E-state index contributed by atoms with van der Waals surface area (Å²) in [4.78, 5) is 13.8. The predicted octanol–water partition coefficient (Wildman–Crippen LogP) is 0.740. The summed E-state index contributed by atoms with van der Waals surface area (Å²) in [5, 5.41) is 9.61. The maximum atomic E-state index is 12.0. The zero-order valence-electron chi connectivity index (χ0n) is 9.97. The topological polar surface area (TPSA) is 66.6 Å². The van der Waals surface area contributed by atoms with Crippen molar-refractivity contribution in [2.24, 2.45) is 11.7 Å². The van der Waals surface area contributed by atoms with E-state index in [9.17, 15) is 9.90 Å². The Balaban J connectivity index is 2.01. The van der Waals surface area contributed by atoms with E-state index in [2.05, 4.69) is 6.92 Å². The molecular weight excluding hydrogens is 216 g/mol. The molecule has 0 aliphatic carbocycles. The Morgan fingerprint density at radius 3 is 2.76 bits per heavy atom. The van der Waals surface area contributed by atoms with E-state index >= 15 is 0 Å². The first kappa shape index (κ1) is 11.9. The number of aromatic hydroxyl groups is 1. The van der Waals surface area contributed by atoms with Crippen molar-refractivity contribution in [1.29, 1.82) is 0 Å². The van der Waals surface area contributed by atoms with E-state index in [-0.39, 0.29) is 24.1 Å². The van der Waals surface area contributed by atoms with Crippen molar-refractivity contribution < 1.29 is 9.90 Å². The molecule has 1 saturated heterocycles. The predicted molar refractivity (Wildman–Crippen MR) is 65.5 cm³/mol. The molecule has 1 aliphatic heterocycles. The molecule has 0 spiro atoms. The second-order valence-electron chi connectivity index (χ2n) is 4.75. The number of phenols is 1. The molecule has 3 N–H and O–H groups in total. The van der Waals surface area contributed by atoms with E-state index < -0.39 is 0 Å². The molecule has 1 amide bonds. The third kappa shape index (κ3) is 2.58. The average Bonchev–Trinajstić information content (AvgIpc) is 2.63. The van der Waals surface area contributed by atoms with Crippen LogP contribution in [-0.2, 0) is 11.2 Å². The molecule has 0 aromatic heterocycles. The summed E-state index contributed by atoms with van der Waals surface area (Å²) >= 11 is 0. The van der Waals surface area contributed by atoms with Gasteiger partial charge >= 0.3 is 0 Å². The fourth-order valence-corrected chi connectivity index (χ4v) is 2.13. The number of hydrogen-bond donors (Lipinski definition) is 2. The van der Waals surface area contributed by atoms with Crippen LogP contribution in [0.4, 0.5) is 0 Å². The minimum atomic E-state index is 0.0336. The lowest BCUT2D eigenvalue weighted by Gasteiger charge is -2.16. The van der Waals surface area contributed by atoms with Crippen LogP contribution in [0.2, 0.25) is 0 Å². The van der Waals surface area contributed by atoms with E-state index in [1.165, 1.54) is 0 Å². The van der Waals surface area contributed by atoms with Gasteiger partial charge in [0.05, 0.1) is 6.42 Å². The Labute approximate surface area is 101 Å². The molecule has 4 nitrogen and oxygen atoms in total. The lowest BCUT2D eigenvalue weighted by atomic mass is 10.1. The van der Waals surface area contributed by atoms with E-state index in [0.717, 1.165) is 0 Å². The van der Waals surface area contributed by atoms with E-state index in [1.54, 1.807) is 23.1 Å². The Bertz CT molecular complexity index is 410. The molecule has 0 saturated carbocycles. The Kier molecular flexibility index (Phi) is 3.33. The fourth-order valence-electron chi connectivity index (χ4n) is 2.13. The molecule has 1 heterocycles. The number of rotatable bonds is 2. The first-order chi connectivity index (χ1) is 8.08. The van der Waals surface area contributed by atoms with Crippen LogP contribution in [0.15, 0.2) is 24.3 Å². The number of carbonyl (C=O) groups excluding carboxylic acids is 1. The molecule has 1 aromatic rings. The second-order valence-corrected chi connectivity index (χ2v) is 4.75. The number of hydrogen-bond acceptors (Lipinski definition) is 3. The van der Waals surface area contributed by atoms with E-state index in [4.69, 9.17) is 5.73 Å². The molecule has 2 atom stereocenters. The van der Waals surface area contributed by atoms with Crippen LogP contribution in [0.5, 0.6) is 5.75 Å². The Morgan fingerprint density at radius 2 is 2.18 bits per heavy atom. The second kappa shape index (κ2) is 4.75. The molecule has 1 aliphatic rings. The highest BCUT2D eigenvalue weighted by Crippen LogP contribution is 2.20. The van der Waals surface area contributed by atoms with Crippen LogP contribution in [-0.4, -0.2) is 35.0 Å². The quantitative estimate of drug-likeness (QED) is 0.793. The zero-order valence-corrected chi connectivity index (χ0v) is 9.97. The Hall–Kier alpha value is -1.55. The van der Waals surface area contributed by atoms with Gasteiger partial charge in [-0.1, -0.05) is 25.1 Å². The van der Waals surface area contributed by atoms with Gasteiger partial charge in [-0.25, -0.2) is 0 Å². The van der Waals surface area contributed by atoms with Gasteiger partial charge in [-0.15, -0.1) is 0 Å². The summed E-state index contributed by atoms with van der Waals surface area (Å²) in [5.74, 6) is 0.562. The van der Waals surface area contributed by atoms with Crippen molar-refractivity contribution in [1.82, 2.24) is 4.90 Å². The lowest BCUT2D eigenvalue weighted by Crippen LogP contribution is -2.33. The SMILES string of the molecule is CC1CN(C(=O)Cc2ccccc2O)CC1N. The molecule has 2 unspecified atom stereocenters. The van der Waals surface area contributed by atoms with Crippen molar-refractivity contribution >= 4 is 5.91 Å². The van der Waals surface area contributed by atoms with Crippen molar-refractivity contribution in [3.63, 3.8) is 0 Å². The van der Waals surface area contributed by atoms with Crippen LogP contribution >= 0.6 is 0 Å². The van der Waals surface area contributed by atoms with Gasteiger partial charge in [0.15, 0.2) is 0 Å². The number of nitrogens with two attached hydrogens (primary N) is 1. The van der Waals surface area contributed by atoms with Gasteiger partial charge in [0.2, 0.25) is 5.91 Å². The number of benzene rings is 1. The number of carbonyl (C=O) groups is 1. The maximum Gasteiger partial charge on any atom is 0.227 e. The summed E-state index contributed by atoms with van der Waals surface area (Å²) in [6.45, 7) is 3.39. The molecule has 1 aromatic carbocycles. The van der Waals surface area contributed by atoms with Crippen molar-refractivity contribution in [2.75, 3.05) is 13.1 Å². The average molecular weight is 234 g/mol. The maximum absolute atomic E-state index is 12.0. The number of amides is 1. The molecule has 4 heteroatoms. The summed E-state index contributed by atoms with van der Waals surface area (Å²) in [5.41, 5.74) is 6.56. The van der Waals surface area contributed by atoms with Crippen molar-refractivity contribution in [2.45, 2.75) is 19.4 Å². The molecular formula is C13H18N2O2. The molecule has 92 valence electrons. The number of nitrogens with zero attached hydrogens (tertiary/aromatic N) is 1. The standard InChI is InChI=1S/C13H18N2O2/c1-9-7-15(8-11(9)14)13(17)6-10-4-2-3-5-12(10)16/h2-5,9,11,16H,6-8,14H2,1H3. The van der Waals surface area contributed by atoms with Crippen LogP contribution in [0.25, 0.3) is 0 Å². The fraction of sp³-hybridized carbons (Fsp3) is 0.462. The summed E-state index contributed by atoms with van der Waals surface area (Å²) in [6, 6.07) is 7.01. The van der Waals surface area contributed by atoms with Crippen LogP contribution in [0.1, 0.15) is 12.5 Å². The molecule has 0 radical (unpaired) electrons. The molecule has 17 heavy (non-hydrogen) atoms. The third-order valence-electron chi connectivity index (χ3n) is 3.36. The van der Waals surface area contributed by atoms with Gasteiger partial charge in [0, 0.05) is 24.7 Å². The summed E-state index contributed by atoms with van der Waals surface area (Å²) in [7, 11) is 0. The van der Waals surface area contributed by atoms with E-state index in [0.29, 0.717) is 24.6 Å². The third-order valence-corrected chi connectivity index (χ3v) is 3.36. The number of phenolic OH excluding ortho intramolecular Hbond substituents is 1. The normalized spacial score (nSPS) is 24.0. The highest BCUT2D eigenvalue weighted by Gasteiger charge is 2.29. The summed E-state index contributed by atoms with van der Waals surface area (Å²) < 4.78 is 0. The van der Waals surface area contributed by atoms with Gasteiger partial charge in [0.1, 0.15) is 5.75 Å². The minimum Gasteiger partial charge on any atom is -0.508 e. The first-order valence-electron chi connectivity index (χ1n) is 5.88. The van der Waals surface area contributed by atoms with Crippen molar-refractivity contribution in [3.05, 3.63) is 29.8 Å². The smallest absolute Gasteiger partial charge is 0.227 e. The minimum absolute atomic E-state index is 0.0336. The molecule has 0 bridgehead atoms. The van der Waals surface area contributed by atoms with Gasteiger partial charge < -0.3 is 15.7 Å². The van der Waals surface area contributed by atoms with Gasteiger partial charge in [-0.3, -0.25) is 4.79 Å². The number of likely N-dealkylation sites (tertiary alicyclic amines) is 1. The zero-order chi connectivity index (χ0) is 12.4. The Morgan fingerprint density at radius 1 is 1.47 bits per heavy atom. The van der Waals surface area contributed by atoms with Crippen molar-refractivity contribution in [3.8, 4) is 5.75 Å². The number of para-hydroxylation sites is 1. The molecule has 2 rings (SSSR count). The van der Waals surface area contributed by atoms with Gasteiger partial charge in [0.25, 0.3) is 0 Å². The van der Waals surface area contributed by atoms with Crippen LogP contribution in [0.3, 0.4) is 0 Å². The van der Waals surface area contributed by atoms with Crippen LogP contribution < -0.4 is 5.73 Å². The first-order valence-corrected chi connectivity index (χ1v) is 5.88. The van der Waals surface area contributed by atoms with Gasteiger partial charge in [-0.2, -0.15) is 0 Å². The monoisotopic (exact) mass is 234 g/mol. The molecule has 1 fully saturated rings. The lowest BCUT2D eigenvalue weighted by molar-refractivity contribution is -0.129. The largest absolute Gasteiger partial charge is 0.508 e. The van der Waals surface area contributed by atoms with Gasteiger partial charge in [-0.05, 0) is 12.0 Å². The highest BCUT2D eigenvalue weighted by molar-refractivity contribution is 5.79. The van der Waals surface area contributed by atoms with Crippen LogP contribution in [0, 0.1) is 5.92 Å². The highest BCUT2D eigenvalue weighted by atomic mass is 16.3. The van der Waals surface area contributed by atoms with E-state index in [1.807, 2.05) is 6.07 Å². The summed E-state index contributed by atoms with van der Waals surface area (Å²) in [6.07, 6.45) is 0.242.